The summed E-state index contributed by atoms with van der Waals surface area (Å²) in [6.45, 7) is 7.47. The number of benzene rings is 3. The highest BCUT2D eigenvalue weighted by molar-refractivity contribution is 6.00. The molecule has 0 saturated heterocycles. The molecule has 0 spiro atoms. The second kappa shape index (κ2) is 18.1. The molecule has 0 aliphatic heterocycles. The highest BCUT2D eigenvalue weighted by Crippen LogP contribution is 2.16. The van der Waals surface area contributed by atoms with Crippen molar-refractivity contribution in [1.82, 2.24) is 15.5 Å². The predicted octanol–water partition coefficient (Wildman–Crippen LogP) is 5.13. The molecule has 8 nitrogen and oxygen atoms in total. The molecule has 0 aliphatic carbocycles. The number of carbonyl (C=O) groups is 3. The van der Waals surface area contributed by atoms with Crippen LogP contribution in [-0.4, -0.2) is 66.7 Å². The summed E-state index contributed by atoms with van der Waals surface area (Å²) >= 11 is 0. The van der Waals surface area contributed by atoms with Crippen molar-refractivity contribution >= 4 is 17.8 Å². The Bertz CT molecular complexity index is 1460. The molecule has 10 heteroatoms. The number of hydrogen-bond donors (Lipinski definition) is 3. The Morgan fingerprint density at radius 2 is 1.54 bits per heavy atom. The van der Waals surface area contributed by atoms with E-state index in [1.54, 1.807) is 30.0 Å². The smallest absolute Gasteiger partial charge is 0.305 e. The Balaban J connectivity index is 1.77. The van der Waals surface area contributed by atoms with Crippen molar-refractivity contribution < 1.29 is 33.0 Å². The molecule has 0 fully saturated rings. The van der Waals surface area contributed by atoms with Gasteiger partial charge < -0.3 is 25.4 Å². The molecule has 3 aromatic rings. The summed E-state index contributed by atoms with van der Waals surface area (Å²) < 4.78 is 32.8. The van der Waals surface area contributed by atoms with Gasteiger partial charge in [0.1, 0.15) is 11.6 Å². The number of esters is 1. The van der Waals surface area contributed by atoms with Crippen molar-refractivity contribution in [2.45, 2.75) is 71.6 Å². The normalized spacial score (nSPS) is 12.3. The lowest BCUT2D eigenvalue weighted by Crippen LogP contribution is -2.48. The van der Waals surface area contributed by atoms with Gasteiger partial charge in [-0.3, -0.25) is 14.4 Å². The molecule has 0 radical (unpaired) electrons. The monoisotopic (exact) mass is 637 g/mol. The lowest BCUT2D eigenvalue weighted by atomic mass is 9.99. The third-order valence-corrected chi connectivity index (χ3v) is 7.54. The zero-order valence-corrected chi connectivity index (χ0v) is 27.1. The van der Waals surface area contributed by atoms with Crippen molar-refractivity contribution in [1.29, 1.82) is 0 Å². The third kappa shape index (κ3) is 11.3. The lowest BCUT2D eigenvalue weighted by molar-refractivity contribution is -0.140. The van der Waals surface area contributed by atoms with E-state index in [-0.39, 0.29) is 42.4 Å². The predicted molar refractivity (Wildman–Crippen MR) is 173 cm³/mol. The second-order valence-electron chi connectivity index (χ2n) is 11.5. The first-order valence-electron chi connectivity index (χ1n) is 15.7. The number of rotatable bonds is 17. The van der Waals surface area contributed by atoms with Crippen molar-refractivity contribution in [2.75, 3.05) is 26.7 Å². The maximum Gasteiger partial charge on any atom is 0.305 e. The van der Waals surface area contributed by atoms with Gasteiger partial charge in [0.05, 0.1) is 19.3 Å². The van der Waals surface area contributed by atoms with Crippen molar-refractivity contribution in [2.24, 2.45) is 0 Å². The Kier molecular flexibility index (Phi) is 14.3. The van der Waals surface area contributed by atoms with E-state index in [1.807, 2.05) is 38.1 Å². The summed E-state index contributed by atoms with van der Waals surface area (Å²) in [5.74, 6) is -2.49. The molecule has 0 aliphatic rings. The zero-order chi connectivity index (χ0) is 33.6. The molecular weight excluding hydrogens is 592 g/mol. The minimum Gasteiger partial charge on any atom is -0.469 e. The van der Waals surface area contributed by atoms with Crippen LogP contribution in [0.25, 0.3) is 0 Å². The molecule has 248 valence electrons. The molecule has 0 unspecified atom stereocenters. The van der Waals surface area contributed by atoms with Gasteiger partial charge in [-0.05, 0) is 85.2 Å². The zero-order valence-electron chi connectivity index (χ0n) is 27.1. The van der Waals surface area contributed by atoms with Gasteiger partial charge in [-0.15, -0.1) is 0 Å². The number of hydrogen-bond acceptors (Lipinski definition) is 6. The number of aryl methyl sites for hydroxylation is 2. The van der Waals surface area contributed by atoms with Crippen LogP contribution in [0.3, 0.4) is 0 Å². The summed E-state index contributed by atoms with van der Waals surface area (Å²) in [4.78, 5) is 40.1. The summed E-state index contributed by atoms with van der Waals surface area (Å²) in [5.41, 5.74) is 3.53. The van der Waals surface area contributed by atoms with Gasteiger partial charge in [-0.2, -0.15) is 0 Å². The molecule has 3 rings (SSSR count). The molecule has 2 amide bonds. The van der Waals surface area contributed by atoms with Gasteiger partial charge in [0.2, 0.25) is 0 Å². The van der Waals surface area contributed by atoms with Gasteiger partial charge in [0.25, 0.3) is 11.8 Å². The van der Waals surface area contributed by atoms with Crippen LogP contribution in [0.15, 0.2) is 60.7 Å². The van der Waals surface area contributed by atoms with Crippen LogP contribution in [0.5, 0.6) is 0 Å². The summed E-state index contributed by atoms with van der Waals surface area (Å²) in [6, 6.07) is 14.8. The first-order chi connectivity index (χ1) is 22.0. The van der Waals surface area contributed by atoms with Crippen LogP contribution in [0.2, 0.25) is 0 Å². The lowest BCUT2D eigenvalue weighted by Gasteiger charge is -2.25. The number of aliphatic hydroxyl groups excluding tert-OH is 1. The largest absolute Gasteiger partial charge is 0.469 e. The Labute approximate surface area is 270 Å². The molecule has 46 heavy (non-hydrogen) atoms. The van der Waals surface area contributed by atoms with E-state index < -0.39 is 29.7 Å². The number of nitrogens with zero attached hydrogens (tertiary/aromatic N) is 1. The quantitative estimate of drug-likeness (QED) is 0.177. The molecule has 0 bridgehead atoms. The molecule has 2 atom stereocenters. The number of nitrogens with one attached hydrogen (secondary N) is 2. The first-order valence-corrected chi connectivity index (χ1v) is 15.7. The number of amides is 2. The molecule has 0 heterocycles. The number of methoxy groups -OCH3 is 1. The Morgan fingerprint density at radius 1 is 0.891 bits per heavy atom. The van der Waals surface area contributed by atoms with E-state index in [0.29, 0.717) is 31.6 Å². The molecule has 0 aromatic heterocycles. The van der Waals surface area contributed by atoms with Crippen LogP contribution < -0.4 is 10.6 Å². The van der Waals surface area contributed by atoms with Gasteiger partial charge in [0.15, 0.2) is 0 Å². The average molecular weight is 638 g/mol. The van der Waals surface area contributed by atoms with Crippen LogP contribution in [0, 0.1) is 18.6 Å². The summed E-state index contributed by atoms with van der Waals surface area (Å²) in [7, 11) is 1.35. The SMILES string of the molecule is CCCN(CCC)C(=O)c1cc(C)cc(C(=O)N[C@@H](Cc2cc(F)cc(F)c2)[C@H](O)CNCc2cccc(CCC(=O)OC)c2)c1. The molecule has 3 aromatic carbocycles. The molecular formula is C36H45F2N3O5. The maximum atomic E-state index is 14.0. The standard InChI is InChI=1S/C36H45F2N3O5/c1-5-12-41(13-6-2)36(45)29-15-24(3)14-28(20-29)35(44)40-32(19-27-17-30(37)21-31(38)18-27)33(42)23-39-22-26-9-7-8-25(16-26)10-11-34(43)46-4/h7-9,14-18,20-21,32-33,39,42H,5-6,10-13,19,22-23H2,1-4H3,(H,40,44)/t32-,33+/m0/s1. The number of aliphatic hydroxyl groups is 1. The van der Waals surface area contributed by atoms with E-state index in [1.165, 1.54) is 19.2 Å². The van der Waals surface area contributed by atoms with Crippen molar-refractivity contribution in [3.63, 3.8) is 0 Å². The highest BCUT2D eigenvalue weighted by atomic mass is 19.1. The van der Waals surface area contributed by atoms with Gasteiger partial charge in [-0.1, -0.05) is 38.1 Å². The maximum absolute atomic E-state index is 14.0. The van der Waals surface area contributed by atoms with Crippen LogP contribution in [0.1, 0.15) is 76.1 Å². The average Bonchev–Trinajstić information content (AvgIpc) is 3.02. The second-order valence-corrected chi connectivity index (χ2v) is 11.5. The summed E-state index contributed by atoms with van der Waals surface area (Å²) in [6.07, 6.45) is 1.24. The van der Waals surface area contributed by atoms with E-state index >= 15 is 0 Å². The van der Waals surface area contributed by atoms with E-state index in [2.05, 4.69) is 10.6 Å². The number of carbonyl (C=O) groups excluding carboxylic acids is 3. The van der Waals surface area contributed by atoms with Crippen molar-refractivity contribution in [3.05, 3.63) is 106 Å². The molecule has 0 saturated carbocycles. The number of ether oxygens (including phenoxy) is 1. The van der Waals surface area contributed by atoms with Crippen LogP contribution in [0.4, 0.5) is 8.78 Å². The summed E-state index contributed by atoms with van der Waals surface area (Å²) in [5, 5.41) is 17.2. The third-order valence-electron chi connectivity index (χ3n) is 7.54. The minimum absolute atomic E-state index is 0.0370. The van der Waals surface area contributed by atoms with Gasteiger partial charge in [-0.25, -0.2) is 8.78 Å². The van der Waals surface area contributed by atoms with Gasteiger partial charge in [0, 0.05) is 49.8 Å². The van der Waals surface area contributed by atoms with Crippen molar-refractivity contribution in [3.8, 4) is 0 Å². The Morgan fingerprint density at radius 3 is 2.20 bits per heavy atom. The van der Waals surface area contributed by atoms with Crippen LogP contribution >= 0.6 is 0 Å². The number of halogens is 2. The fraction of sp³-hybridized carbons (Fsp3) is 0.417. The van der Waals surface area contributed by atoms with E-state index in [4.69, 9.17) is 4.74 Å². The first kappa shape index (κ1) is 36.3. The topological polar surface area (TPSA) is 108 Å². The van der Waals surface area contributed by atoms with Gasteiger partial charge >= 0.3 is 5.97 Å². The molecule has 3 N–H and O–H groups in total. The minimum atomic E-state index is -1.13. The fourth-order valence-corrected chi connectivity index (χ4v) is 5.34. The fourth-order valence-electron chi connectivity index (χ4n) is 5.34. The van der Waals surface area contributed by atoms with Crippen LogP contribution in [-0.2, 0) is 28.9 Å². The highest BCUT2D eigenvalue weighted by Gasteiger charge is 2.24. The Hall–Kier alpha value is -4.15. The van der Waals surface area contributed by atoms with E-state index in [0.717, 1.165) is 35.6 Å². The van der Waals surface area contributed by atoms with E-state index in [9.17, 15) is 28.3 Å².